The van der Waals surface area contributed by atoms with E-state index in [0.29, 0.717) is 5.32 Å². The van der Waals surface area contributed by atoms with Crippen LogP contribution in [0.1, 0.15) is 19.8 Å². The Balaban J connectivity index is 2.74. The molecule has 2 amide bonds. The third-order valence-electron chi connectivity index (χ3n) is 2.17. The number of aliphatic carboxylic acids is 1. The number of imide groups is 1. The summed E-state index contributed by atoms with van der Waals surface area (Å²) in [7, 11) is 0. The van der Waals surface area contributed by atoms with Gasteiger partial charge < -0.3 is 0 Å². The van der Waals surface area contributed by atoms with E-state index in [1.54, 1.807) is 0 Å². The van der Waals surface area contributed by atoms with Gasteiger partial charge in [-0.2, -0.15) is 0 Å². The molecule has 5 nitrogen and oxygen atoms in total. The summed E-state index contributed by atoms with van der Waals surface area (Å²) in [4.78, 5) is 34.6. The Labute approximate surface area is 94.0 Å². The summed E-state index contributed by atoms with van der Waals surface area (Å²) in [5.41, 5.74) is 0. The second-order valence-electron chi connectivity index (χ2n) is 3.17. The van der Waals surface area contributed by atoms with Crippen molar-refractivity contribution in [2.75, 3.05) is 0 Å². The minimum absolute atomic E-state index is 0.155. The van der Waals surface area contributed by atoms with Crippen molar-refractivity contribution in [1.82, 2.24) is 4.90 Å². The van der Waals surface area contributed by atoms with Crippen LogP contribution in [-0.2, 0) is 14.4 Å². The average Bonchev–Trinajstić information content (AvgIpc) is 2.49. The molecule has 0 aliphatic carbocycles. The molecule has 1 rings (SSSR count). The van der Waals surface area contributed by atoms with Crippen LogP contribution in [0.2, 0.25) is 10.6 Å². The van der Waals surface area contributed by atoms with Gasteiger partial charge in [0.25, 0.3) is 0 Å². The fourth-order valence-corrected chi connectivity index (χ4v) is 3.00. The number of hydrogen-bond donors (Lipinski definition) is 1. The van der Waals surface area contributed by atoms with Crippen LogP contribution < -0.4 is 0 Å². The molecule has 1 fully saturated rings. The molecule has 1 aliphatic rings. The summed E-state index contributed by atoms with van der Waals surface area (Å²) < 4.78 is 0. The topological polar surface area (TPSA) is 74.7 Å². The van der Waals surface area contributed by atoms with Crippen LogP contribution in [0.15, 0.2) is 0 Å². The van der Waals surface area contributed by atoms with Crippen molar-refractivity contribution < 1.29 is 19.5 Å². The van der Waals surface area contributed by atoms with Gasteiger partial charge in [0.2, 0.25) is 0 Å². The molecule has 1 unspecified atom stereocenters. The number of carboxylic acid groups (broad SMARTS) is 1. The Morgan fingerprint density at radius 2 is 2.00 bits per heavy atom. The SMILES string of the molecule is CC[Se]CC(C(=O)O)N1C(=O)CCC1=O. The Kier molecular flexibility index (Phi) is 4.29. The van der Waals surface area contributed by atoms with Gasteiger partial charge >= 0.3 is 93.6 Å². The third kappa shape index (κ3) is 2.79. The number of carbonyl (C=O) groups is 3. The monoisotopic (exact) mass is 279 g/mol. The van der Waals surface area contributed by atoms with Crippen LogP contribution in [0.3, 0.4) is 0 Å². The quantitative estimate of drug-likeness (QED) is 0.574. The zero-order valence-corrected chi connectivity index (χ0v) is 10.1. The third-order valence-corrected chi connectivity index (χ3v) is 4.18. The van der Waals surface area contributed by atoms with Crippen molar-refractivity contribution in [2.45, 2.75) is 36.4 Å². The molecular weight excluding hydrogens is 265 g/mol. The molecule has 6 heteroatoms. The Morgan fingerprint density at radius 1 is 1.47 bits per heavy atom. The van der Waals surface area contributed by atoms with Crippen LogP contribution in [0.5, 0.6) is 0 Å². The predicted molar refractivity (Wildman–Crippen MR) is 53.6 cm³/mol. The zero-order valence-electron chi connectivity index (χ0n) is 8.43. The van der Waals surface area contributed by atoms with Crippen LogP contribution in [0.25, 0.3) is 0 Å². The van der Waals surface area contributed by atoms with E-state index >= 15 is 0 Å². The molecule has 0 aromatic carbocycles. The van der Waals surface area contributed by atoms with E-state index in [9.17, 15) is 14.4 Å². The van der Waals surface area contributed by atoms with E-state index in [-0.39, 0.29) is 39.6 Å². The van der Waals surface area contributed by atoms with E-state index < -0.39 is 12.0 Å². The van der Waals surface area contributed by atoms with Gasteiger partial charge in [-0.25, -0.2) is 0 Å². The first kappa shape index (κ1) is 12.2. The van der Waals surface area contributed by atoms with Gasteiger partial charge in [-0.1, -0.05) is 0 Å². The molecule has 1 atom stereocenters. The molecule has 0 aromatic heterocycles. The molecule has 15 heavy (non-hydrogen) atoms. The molecule has 84 valence electrons. The number of amides is 2. The van der Waals surface area contributed by atoms with E-state index in [0.717, 1.165) is 10.2 Å². The second-order valence-corrected chi connectivity index (χ2v) is 5.94. The van der Waals surface area contributed by atoms with Crippen molar-refractivity contribution in [2.24, 2.45) is 0 Å². The summed E-state index contributed by atoms with van der Waals surface area (Å²) in [6.07, 6.45) is 0.309. The maximum absolute atomic E-state index is 11.3. The number of carbonyl (C=O) groups excluding carboxylic acids is 2. The number of nitrogens with zero attached hydrogens (tertiary/aromatic N) is 1. The van der Waals surface area contributed by atoms with Crippen LogP contribution >= 0.6 is 0 Å². The zero-order chi connectivity index (χ0) is 11.4. The van der Waals surface area contributed by atoms with Crippen LogP contribution in [-0.4, -0.2) is 48.8 Å². The van der Waals surface area contributed by atoms with Crippen LogP contribution in [0.4, 0.5) is 0 Å². The van der Waals surface area contributed by atoms with Crippen molar-refractivity contribution in [1.29, 1.82) is 0 Å². The maximum atomic E-state index is 11.3. The summed E-state index contributed by atoms with van der Waals surface area (Å²) in [5, 5.41) is 10.3. The average molecular weight is 278 g/mol. The van der Waals surface area contributed by atoms with E-state index in [1.165, 1.54) is 0 Å². The number of rotatable bonds is 5. The summed E-state index contributed by atoms with van der Waals surface area (Å²) >= 11 is 0.173. The predicted octanol–water partition coefficient (Wildman–Crippen LogP) is 0.149. The summed E-state index contributed by atoms with van der Waals surface area (Å²) in [6, 6.07) is -0.938. The van der Waals surface area contributed by atoms with E-state index in [1.807, 2.05) is 6.92 Å². The molecule has 0 bridgehead atoms. The molecule has 1 heterocycles. The van der Waals surface area contributed by atoms with Crippen molar-refractivity contribution in [3.63, 3.8) is 0 Å². The standard InChI is InChI=1S/C9H13NO4Se/c1-2-15-5-6(9(13)14)10-7(11)3-4-8(10)12/h6H,2-5H2,1H3,(H,13,14). The van der Waals surface area contributed by atoms with Gasteiger partial charge in [0.05, 0.1) is 0 Å². The fraction of sp³-hybridized carbons (Fsp3) is 0.667. The molecule has 1 N–H and O–H groups in total. The van der Waals surface area contributed by atoms with E-state index in [4.69, 9.17) is 5.11 Å². The molecule has 1 saturated heterocycles. The van der Waals surface area contributed by atoms with Gasteiger partial charge in [-0.05, 0) is 0 Å². The summed E-state index contributed by atoms with van der Waals surface area (Å²) in [5.74, 6) is -1.77. The normalized spacial score (nSPS) is 18.3. The molecule has 0 aromatic rings. The number of hydrogen-bond acceptors (Lipinski definition) is 3. The summed E-state index contributed by atoms with van der Waals surface area (Å²) in [6.45, 7) is 1.96. The van der Waals surface area contributed by atoms with Gasteiger partial charge in [-0.15, -0.1) is 0 Å². The van der Waals surface area contributed by atoms with Gasteiger partial charge in [-0.3, -0.25) is 0 Å². The molecule has 0 spiro atoms. The van der Waals surface area contributed by atoms with Crippen molar-refractivity contribution in [3.8, 4) is 0 Å². The van der Waals surface area contributed by atoms with Crippen molar-refractivity contribution in [3.05, 3.63) is 0 Å². The second kappa shape index (κ2) is 5.28. The fourth-order valence-electron chi connectivity index (χ4n) is 1.43. The van der Waals surface area contributed by atoms with Gasteiger partial charge in [0.1, 0.15) is 0 Å². The van der Waals surface area contributed by atoms with E-state index in [2.05, 4.69) is 0 Å². The number of carboxylic acids is 1. The number of likely N-dealkylation sites (tertiary alicyclic amines) is 1. The van der Waals surface area contributed by atoms with Crippen LogP contribution in [0, 0.1) is 0 Å². The molecule has 0 saturated carbocycles. The Morgan fingerprint density at radius 3 is 2.40 bits per heavy atom. The molecular formula is C9H13NO4Se. The first-order valence-corrected chi connectivity index (χ1v) is 7.15. The first-order valence-electron chi connectivity index (χ1n) is 4.73. The molecule has 0 radical (unpaired) electrons. The Bertz CT molecular complexity index is 276. The van der Waals surface area contributed by atoms with Crippen molar-refractivity contribution >= 4 is 32.7 Å². The minimum atomic E-state index is -1.08. The Hall–Kier alpha value is -0.871. The van der Waals surface area contributed by atoms with Gasteiger partial charge in [0, 0.05) is 0 Å². The first-order chi connectivity index (χ1) is 7.07. The van der Waals surface area contributed by atoms with Gasteiger partial charge in [0.15, 0.2) is 0 Å². The molecule has 1 aliphatic heterocycles.